The highest BCUT2D eigenvalue weighted by molar-refractivity contribution is 7.81. The Kier molecular flexibility index (Phi) is 4.86. The molecular formula is C15H17ClN2OS2. The number of hydrogen-bond acceptors (Lipinski definition) is 4. The third kappa shape index (κ3) is 3.93. The summed E-state index contributed by atoms with van der Waals surface area (Å²) in [7, 11) is 1.61. The molecule has 0 saturated heterocycles. The van der Waals surface area contributed by atoms with Crippen molar-refractivity contribution in [1.29, 1.82) is 0 Å². The lowest BCUT2D eigenvalue weighted by Crippen LogP contribution is -2.11. The highest BCUT2D eigenvalue weighted by Gasteiger charge is 2.18. The van der Waals surface area contributed by atoms with E-state index < -0.39 is 0 Å². The van der Waals surface area contributed by atoms with Crippen LogP contribution in [-0.4, -0.2) is 17.1 Å². The molecule has 0 spiro atoms. The molecule has 1 aromatic carbocycles. The van der Waals surface area contributed by atoms with Crippen LogP contribution >= 0.6 is 35.2 Å². The predicted molar refractivity (Wildman–Crippen MR) is 94.1 cm³/mol. The molecule has 3 nitrogen and oxygen atoms in total. The van der Waals surface area contributed by atoms with Crippen LogP contribution in [0.15, 0.2) is 24.4 Å². The Labute approximate surface area is 139 Å². The number of nitrogens with zero attached hydrogens (tertiary/aromatic N) is 1. The van der Waals surface area contributed by atoms with Crippen molar-refractivity contribution in [1.82, 2.24) is 4.98 Å². The maximum absolute atomic E-state index is 6.03. The van der Waals surface area contributed by atoms with Crippen molar-refractivity contribution in [2.45, 2.75) is 26.2 Å². The van der Waals surface area contributed by atoms with Gasteiger partial charge in [0.05, 0.1) is 12.7 Å². The second-order valence-electron chi connectivity index (χ2n) is 5.58. The summed E-state index contributed by atoms with van der Waals surface area (Å²) in [5, 5.41) is 4.54. The number of methoxy groups -OCH3 is 1. The minimum absolute atomic E-state index is 0.0763. The fourth-order valence-corrected chi connectivity index (χ4v) is 3.07. The Morgan fingerprint density at radius 2 is 2.10 bits per heavy atom. The van der Waals surface area contributed by atoms with E-state index in [1.54, 1.807) is 36.6 Å². The van der Waals surface area contributed by atoms with Gasteiger partial charge in [0.1, 0.15) is 10.7 Å². The number of hydrogen-bond donors (Lipinski definition) is 1. The van der Waals surface area contributed by atoms with E-state index >= 15 is 0 Å². The second kappa shape index (κ2) is 6.30. The van der Waals surface area contributed by atoms with Crippen LogP contribution < -0.4 is 10.1 Å². The van der Waals surface area contributed by atoms with Crippen molar-refractivity contribution in [2.75, 3.05) is 12.4 Å². The van der Waals surface area contributed by atoms with Crippen molar-refractivity contribution < 1.29 is 4.74 Å². The summed E-state index contributed by atoms with van der Waals surface area (Å²) in [6.45, 7) is 6.47. The largest absolute Gasteiger partial charge is 0.496 e. The van der Waals surface area contributed by atoms with Gasteiger partial charge in [-0.15, -0.1) is 11.3 Å². The molecule has 112 valence electrons. The van der Waals surface area contributed by atoms with Gasteiger partial charge in [0.15, 0.2) is 5.13 Å². The monoisotopic (exact) mass is 340 g/mol. The fourth-order valence-electron chi connectivity index (χ4n) is 1.70. The molecule has 1 aromatic heterocycles. The van der Waals surface area contributed by atoms with E-state index in [9.17, 15) is 0 Å². The topological polar surface area (TPSA) is 34.1 Å². The summed E-state index contributed by atoms with van der Waals surface area (Å²) >= 11 is 13.1. The lowest BCUT2D eigenvalue weighted by atomic mass is 9.96. The van der Waals surface area contributed by atoms with E-state index in [2.05, 4.69) is 31.1 Å². The lowest BCUT2D eigenvalue weighted by Gasteiger charge is -2.14. The predicted octanol–water partition coefficient (Wildman–Crippen LogP) is 4.89. The number of thiocarbonyl (C=S) groups is 1. The highest BCUT2D eigenvalue weighted by atomic mass is 35.5. The maximum atomic E-state index is 6.03. The molecule has 0 unspecified atom stereocenters. The summed E-state index contributed by atoms with van der Waals surface area (Å²) in [6.07, 6.45) is 1.88. The molecule has 0 radical (unpaired) electrons. The number of rotatable bonds is 3. The Bertz CT molecular complexity index is 662. The van der Waals surface area contributed by atoms with E-state index in [0.717, 1.165) is 10.7 Å². The summed E-state index contributed by atoms with van der Waals surface area (Å²) in [5.41, 5.74) is 0.833. The number of anilines is 1. The second-order valence-corrected chi connectivity index (χ2v) is 7.45. The van der Waals surface area contributed by atoms with Gasteiger partial charge in [-0.2, -0.15) is 0 Å². The van der Waals surface area contributed by atoms with Gasteiger partial charge in [-0.1, -0.05) is 44.6 Å². The fraction of sp³-hybridized carbons (Fsp3) is 0.333. The van der Waals surface area contributed by atoms with Gasteiger partial charge in [0.25, 0.3) is 0 Å². The number of aromatic nitrogens is 1. The summed E-state index contributed by atoms with van der Waals surface area (Å²) in [4.78, 5) is 6.12. The van der Waals surface area contributed by atoms with Gasteiger partial charge in [-0.3, -0.25) is 0 Å². The lowest BCUT2D eigenvalue weighted by molar-refractivity contribution is 0.414. The van der Waals surface area contributed by atoms with E-state index in [0.29, 0.717) is 15.8 Å². The highest BCUT2D eigenvalue weighted by Crippen LogP contribution is 2.31. The molecule has 0 saturated carbocycles. The molecule has 0 aliphatic rings. The number of nitrogens with one attached hydrogen (secondary N) is 1. The van der Waals surface area contributed by atoms with Crippen molar-refractivity contribution >= 4 is 45.3 Å². The average Bonchev–Trinajstić information content (AvgIpc) is 2.87. The van der Waals surface area contributed by atoms with Crippen LogP contribution in [0.25, 0.3) is 0 Å². The van der Waals surface area contributed by atoms with Crippen LogP contribution in [0.4, 0.5) is 5.13 Å². The van der Waals surface area contributed by atoms with Crippen LogP contribution in [-0.2, 0) is 5.41 Å². The smallest absolute Gasteiger partial charge is 0.188 e. The minimum atomic E-state index is 0.0763. The summed E-state index contributed by atoms with van der Waals surface area (Å²) in [6, 6.07) is 5.36. The number of halogens is 1. The zero-order chi connectivity index (χ0) is 15.6. The Morgan fingerprint density at radius 1 is 1.38 bits per heavy atom. The van der Waals surface area contributed by atoms with E-state index in [-0.39, 0.29) is 5.41 Å². The van der Waals surface area contributed by atoms with Crippen molar-refractivity contribution in [2.24, 2.45) is 0 Å². The zero-order valence-corrected chi connectivity index (χ0v) is 14.7. The van der Waals surface area contributed by atoms with Crippen molar-refractivity contribution in [3.8, 4) is 5.75 Å². The van der Waals surface area contributed by atoms with Crippen LogP contribution in [0.5, 0.6) is 5.75 Å². The third-order valence-electron chi connectivity index (χ3n) is 2.87. The van der Waals surface area contributed by atoms with Gasteiger partial charge in [-0.05, 0) is 23.6 Å². The first-order valence-corrected chi connectivity index (χ1v) is 8.02. The van der Waals surface area contributed by atoms with E-state index in [1.165, 1.54) is 4.88 Å². The number of thiazole rings is 1. The quantitative estimate of drug-likeness (QED) is 0.806. The van der Waals surface area contributed by atoms with Crippen LogP contribution in [0, 0.1) is 0 Å². The van der Waals surface area contributed by atoms with Crippen molar-refractivity contribution in [3.63, 3.8) is 0 Å². The molecule has 0 atom stereocenters. The molecule has 1 heterocycles. The van der Waals surface area contributed by atoms with Crippen molar-refractivity contribution in [3.05, 3.63) is 39.9 Å². The van der Waals surface area contributed by atoms with Crippen LogP contribution in [0.2, 0.25) is 5.02 Å². The first kappa shape index (κ1) is 16.2. The van der Waals surface area contributed by atoms with Gasteiger partial charge >= 0.3 is 0 Å². The molecule has 21 heavy (non-hydrogen) atoms. The van der Waals surface area contributed by atoms with Gasteiger partial charge in [0, 0.05) is 16.1 Å². The SMILES string of the molecule is COc1ccc(Cl)cc1C(=S)Nc1ncc(C(C)(C)C)s1. The summed E-state index contributed by atoms with van der Waals surface area (Å²) in [5.74, 6) is 0.685. The van der Waals surface area contributed by atoms with Gasteiger partial charge < -0.3 is 10.1 Å². The molecule has 0 amide bonds. The van der Waals surface area contributed by atoms with Gasteiger partial charge in [0.2, 0.25) is 0 Å². The third-order valence-corrected chi connectivity index (χ3v) is 4.77. The first-order chi connectivity index (χ1) is 9.81. The molecular weight excluding hydrogens is 324 g/mol. The zero-order valence-electron chi connectivity index (χ0n) is 12.4. The number of ether oxygens (including phenoxy) is 1. The average molecular weight is 341 g/mol. The van der Waals surface area contributed by atoms with E-state index in [4.69, 9.17) is 28.6 Å². The number of benzene rings is 1. The molecule has 0 fully saturated rings. The molecule has 2 aromatic rings. The normalized spacial score (nSPS) is 11.3. The molecule has 1 N–H and O–H groups in total. The molecule has 0 aliphatic heterocycles. The Balaban J connectivity index is 2.22. The molecule has 2 rings (SSSR count). The first-order valence-electron chi connectivity index (χ1n) is 6.42. The van der Waals surface area contributed by atoms with E-state index in [1.807, 2.05) is 6.20 Å². The molecule has 6 heteroatoms. The maximum Gasteiger partial charge on any atom is 0.188 e. The van der Waals surface area contributed by atoms with Crippen LogP contribution in [0.3, 0.4) is 0 Å². The Hall–Kier alpha value is -1.17. The minimum Gasteiger partial charge on any atom is -0.496 e. The van der Waals surface area contributed by atoms with Gasteiger partial charge in [-0.25, -0.2) is 4.98 Å². The van der Waals surface area contributed by atoms with Crippen LogP contribution in [0.1, 0.15) is 31.2 Å². The molecule has 0 bridgehead atoms. The Morgan fingerprint density at radius 3 is 2.67 bits per heavy atom. The molecule has 0 aliphatic carbocycles. The standard InChI is InChI=1S/C15H17ClN2OS2/c1-15(2,3)12-8-17-14(21-12)18-13(20)10-7-9(16)5-6-11(10)19-4/h5-8H,1-4H3,(H,17,18,20). The summed E-state index contributed by atoms with van der Waals surface area (Å²) < 4.78 is 5.32.